The Morgan fingerprint density at radius 3 is 2.90 bits per heavy atom. The predicted octanol–water partition coefficient (Wildman–Crippen LogP) is -0.214. The third-order valence-electron chi connectivity index (χ3n) is 4.45. The molecule has 4 nitrogen and oxygen atoms in total. The molecule has 0 bridgehead atoms. The molecule has 2 N–H and O–H groups in total. The Bertz CT molecular complexity index is 486. The summed E-state index contributed by atoms with van der Waals surface area (Å²) in [6.07, 6.45) is 2.52. The van der Waals surface area contributed by atoms with Gasteiger partial charge in [-0.15, -0.1) is 0 Å². The summed E-state index contributed by atoms with van der Waals surface area (Å²) in [6, 6.07) is 4.89. The fourth-order valence-electron chi connectivity index (χ4n) is 3.39. The lowest BCUT2D eigenvalue weighted by atomic mass is 9.77. The maximum atomic E-state index is 13.2. The molecule has 1 aromatic carbocycles. The van der Waals surface area contributed by atoms with Crippen LogP contribution in [0.15, 0.2) is 18.2 Å². The number of piperazine rings is 1. The number of halogens is 1. The molecule has 1 aromatic rings. The Morgan fingerprint density at radius 2 is 2.10 bits per heavy atom. The van der Waals surface area contributed by atoms with Crippen LogP contribution in [0.2, 0.25) is 0 Å². The van der Waals surface area contributed by atoms with Crippen LogP contribution in [0.1, 0.15) is 18.4 Å². The van der Waals surface area contributed by atoms with E-state index in [1.54, 1.807) is 6.07 Å². The number of benzene rings is 1. The third kappa shape index (κ3) is 2.88. The van der Waals surface area contributed by atoms with Gasteiger partial charge in [0.25, 0.3) is 0 Å². The molecule has 0 aromatic heterocycles. The van der Waals surface area contributed by atoms with Crippen molar-refractivity contribution in [1.29, 1.82) is 0 Å². The maximum Gasteiger partial charge on any atom is 0.488 e. The first-order valence-corrected chi connectivity index (χ1v) is 7.24. The van der Waals surface area contributed by atoms with Crippen molar-refractivity contribution in [3.63, 3.8) is 0 Å². The fourth-order valence-corrected chi connectivity index (χ4v) is 3.39. The Hall–Kier alpha value is -0.945. The lowest BCUT2D eigenvalue weighted by molar-refractivity contribution is 0.0995. The summed E-state index contributed by atoms with van der Waals surface area (Å²) in [6.45, 7) is 4.92. The molecular weight excluding hydrogens is 258 g/mol. The zero-order valence-corrected chi connectivity index (χ0v) is 11.5. The summed E-state index contributed by atoms with van der Waals surface area (Å²) >= 11 is 0. The van der Waals surface area contributed by atoms with E-state index in [1.165, 1.54) is 31.5 Å². The number of hydrogen-bond donors (Lipinski definition) is 2. The SMILES string of the molecule is OB(O)c1cc(F)ccc1CN1CCN2CCCC2C1. The van der Waals surface area contributed by atoms with E-state index >= 15 is 0 Å². The van der Waals surface area contributed by atoms with Gasteiger partial charge in [-0.05, 0) is 42.5 Å². The van der Waals surface area contributed by atoms with E-state index in [9.17, 15) is 14.4 Å². The van der Waals surface area contributed by atoms with Crippen molar-refractivity contribution in [3.8, 4) is 0 Å². The van der Waals surface area contributed by atoms with Crippen molar-refractivity contribution < 1.29 is 14.4 Å². The molecule has 2 saturated heterocycles. The lowest BCUT2D eigenvalue weighted by Gasteiger charge is -2.37. The summed E-state index contributed by atoms with van der Waals surface area (Å²) in [5, 5.41) is 18.7. The molecule has 108 valence electrons. The van der Waals surface area contributed by atoms with Crippen LogP contribution in [0.5, 0.6) is 0 Å². The highest BCUT2D eigenvalue weighted by Gasteiger charge is 2.31. The van der Waals surface area contributed by atoms with E-state index in [4.69, 9.17) is 0 Å². The number of nitrogens with zero attached hydrogens (tertiary/aromatic N) is 2. The van der Waals surface area contributed by atoms with Crippen LogP contribution in [-0.2, 0) is 6.54 Å². The van der Waals surface area contributed by atoms with Crippen LogP contribution < -0.4 is 5.46 Å². The van der Waals surface area contributed by atoms with Crippen LogP contribution in [0.4, 0.5) is 4.39 Å². The molecule has 2 aliphatic heterocycles. The number of fused-ring (bicyclic) bond motifs is 1. The van der Waals surface area contributed by atoms with E-state index in [-0.39, 0.29) is 5.46 Å². The lowest BCUT2D eigenvalue weighted by Crippen LogP contribution is -2.50. The monoisotopic (exact) mass is 278 g/mol. The highest BCUT2D eigenvalue weighted by Crippen LogP contribution is 2.22. The van der Waals surface area contributed by atoms with Gasteiger partial charge >= 0.3 is 7.12 Å². The quantitative estimate of drug-likeness (QED) is 0.751. The first kappa shape index (κ1) is 14.0. The Labute approximate surface area is 119 Å². The van der Waals surface area contributed by atoms with Gasteiger partial charge in [-0.3, -0.25) is 9.80 Å². The summed E-state index contributed by atoms with van der Waals surface area (Å²) < 4.78 is 13.2. The van der Waals surface area contributed by atoms with Gasteiger partial charge < -0.3 is 10.0 Å². The molecule has 2 heterocycles. The predicted molar refractivity (Wildman–Crippen MR) is 76.1 cm³/mol. The average molecular weight is 278 g/mol. The van der Waals surface area contributed by atoms with Crippen molar-refractivity contribution in [2.45, 2.75) is 25.4 Å². The van der Waals surface area contributed by atoms with Gasteiger partial charge in [0.2, 0.25) is 0 Å². The van der Waals surface area contributed by atoms with Crippen molar-refractivity contribution in [1.82, 2.24) is 9.80 Å². The first-order valence-electron chi connectivity index (χ1n) is 7.24. The molecule has 0 radical (unpaired) electrons. The second kappa shape index (κ2) is 5.81. The fraction of sp³-hybridized carbons (Fsp3) is 0.571. The maximum absolute atomic E-state index is 13.2. The highest BCUT2D eigenvalue weighted by molar-refractivity contribution is 6.59. The second-order valence-electron chi connectivity index (χ2n) is 5.78. The smallest absolute Gasteiger partial charge is 0.423 e. The van der Waals surface area contributed by atoms with Gasteiger partial charge in [0.15, 0.2) is 0 Å². The molecule has 1 unspecified atom stereocenters. The van der Waals surface area contributed by atoms with E-state index in [0.29, 0.717) is 12.6 Å². The van der Waals surface area contributed by atoms with Crippen LogP contribution in [0.25, 0.3) is 0 Å². The van der Waals surface area contributed by atoms with Gasteiger partial charge in [-0.25, -0.2) is 4.39 Å². The summed E-state index contributed by atoms with van der Waals surface area (Å²) in [5.41, 5.74) is 1.08. The van der Waals surface area contributed by atoms with Gasteiger partial charge in [0, 0.05) is 32.2 Å². The van der Waals surface area contributed by atoms with Crippen molar-refractivity contribution in [2.24, 2.45) is 0 Å². The number of hydrogen-bond acceptors (Lipinski definition) is 4. The van der Waals surface area contributed by atoms with E-state index < -0.39 is 12.9 Å². The Kier molecular flexibility index (Phi) is 4.07. The molecule has 0 aliphatic carbocycles. The number of rotatable bonds is 3. The minimum atomic E-state index is -1.62. The molecule has 1 atom stereocenters. The van der Waals surface area contributed by atoms with Crippen LogP contribution >= 0.6 is 0 Å². The first-order chi connectivity index (χ1) is 9.63. The Balaban J connectivity index is 1.71. The second-order valence-corrected chi connectivity index (χ2v) is 5.78. The summed E-state index contributed by atoms with van der Waals surface area (Å²) in [5.74, 6) is -0.433. The molecule has 0 spiro atoms. The van der Waals surface area contributed by atoms with Gasteiger partial charge in [0.1, 0.15) is 5.82 Å². The van der Waals surface area contributed by atoms with E-state index in [0.717, 1.165) is 25.2 Å². The molecule has 3 rings (SSSR count). The molecule has 0 amide bonds. The summed E-state index contributed by atoms with van der Waals surface area (Å²) in [4.78, 5) is 4.86. The van der Waals surface area contributed by atoms with Crippen LogP contribution in [0.3, 0.4) is 0 Å². The zero-order valence-electron chi connectivity index (χ0n) is 11.5. The molecule has 20 heavy (non-hydrogen) atoms. The van der Waals surface area contributed by atoms with Crippen molar-refractivity contribution in [3.05, 3.63) is 29.6 Å². The van der Waals surface area contributed by atoms with Crippen molar-refractivity contribution in [2.75, 3.05) is 26.2 Å². The molecule has 2 aliphatic rings. The van der Waals surface area contributed by atoms with E-state index in [2.05, 4.69) is 9.80 Å². The largest absolute Gasteiger partial charge is 0.488 e. The molecule has 6 heteroatoms. The van der Waals surface area contributed by atoms with E-state index in [1.807, 2.05) is 0 Å². The van der Waals surface area contributed by atoms with Gasteiger partial charge in [-0.2, -0.15) is 0 Å². The minimum Gasteiger partial charge on any atom is -0.423 e. The minimum absolute atomic E-state index is 0.277. The topological polar surface area (TPSA) is 46.9 Å². The molecule has 0 saturated carbocycles. The standard InChI is InChI=1S/C14H20BFN2O2/c16-12-4-3-11(14(8-12)15(19)20)9-17-6-7-18-5-1-2-13(18)10-17/h3-4,8,13,19-20H,1-2,5-7,9-10H2. The van der Waals surface area contributed by atoms with Gasteiger partial charge in [-0.1, -0.05) is 6.07 Å². The Morgan fingerprint density at radius 1 is 1.25 bits per heavy atom. The van der Waals surface area contributed by atoms with Crippen LogP contribution in [0, 0.1) is 5.82 Å². The molecule has 2 fully saturated rings. The van der Waals surface area contributed by atoms with Crippen molar-refractivity contribution >= 4 is 12.6 Å². The summed E-state index contributed by atoms with van der Waals surface area (Å²) in [7, 11) is -1.62. The van der Waals surface area contributed by atoms with Crippen LogP contribution in [-0.4, -0.2) is 59.2 Å². The van der Waals surface area contributed by atoms with Gasteiger partial charge in [0.05, 0.1) is 0 Å². The zero-order chi connectivity index (χ0) is 14.1. The highest BCUT2D eigenvalue weighted by atomic mass is 19.1. The average Bonchev–Trinajstić information content (AvgIpc) is 2.88. The third-order valence-corrected chi connectivity index (χ3v) is 4.45. The normalized spacial score (nSPS) is 23.9. The molecular formula is C14H20BFN2O2.